The number of rotatable bonds is 3. The molecule has 0 bridgehead atoms. The summed E-state index contributed by atoms with van der Waals surface area (Å²) in [5, 5.41) is 0. The van der Waals surface area contributed by atoms with Crippen LogP contribution in [0.4, 0.5) is 0 Å². The number of carbonyl (C=O) groups is 1. The molecule has 0 saturated heterocycles. The van der Waals surface area contributed by atoms with Crippen molar-refractivity contribution < 1.29 is 13.2 Å². The van der Waals surface area contributed by atoms with Crippen LogP contribution in [0.15, 0.2) is 35.5 Å². The zero-order valence-corrected chi connectivity index (χ0v) is 11.9. The maximum absolute atomic E-state index is 12.3. The van der Waals surface area contributed by atoms with E-state index in [2.05, 4.69) is 4.98 Å². The maximum Gasteiger partial charge on any atom is 0.262 e. The molecule has 0 N–H and O–H groups in total. The molecule has 0 amide bonds. The van der Waals surface area contributed by atoms with Gasteiger partial charge in [0.15, 0.2) is 0 Å². The van der Waals surface area contributed by atoms with Crippen LogP contribution in [0.5, 0.6) is 0 Å². The van der Waals surface area contributed by atoms with Crippen molar-refractivity contribution in [1.82, 2.24) is 9.55 Å². The molecule has 0 radical (unpaired) electrons. The third kappa shape index (κ3) is 2.69. The van der Waals surface area contributed by atoms with Crippen molar-refractivity contribution in [2.24, 2.45) is 7.05 Å². The number of halogens is 1. The van der Waals surface area contributed by atoms with Gasteiger partial charge in [0.2, 0.25) is 5.78 Å². The van der Waals surface area contributed by atoms with Crippen LogP contribution in [0.2, 0.25) is 0 Å². The van der Waals surface area contributed by atoms with Crippen LogP contribution in [0.25, 0.3) is 0 Å². The highest BCUT2D eigenvalue weighted by molar-refractivity contribution is 8.13. The van der Waals surface area contributed by atoms with Crippen LogP contribution in [-0.2, 0) is 16.1 Å². The van der Waals surface area contributed by atoms with Crippen molar-refractivity contribution in [2.45, 2.75) is 11.8 Å². The Morgan fingerprint density at radius 3 is 2.63 bits per heavy atom. The van der Waals surface area contributed by atoms with Crippen LogP contribution in [0.1, 0.15) is 21.7 Å². The number of carbonyl (C=O) groups excluding carboxylic acids is 1. The first-order chi connectivity index (χ1) is 8.80. The summed E-state index contributed by atoms with van der Waals surface area (Å²) in [6.45, 7) is 1.72. The number of hydrogen-bond donors (Lipinski definition) is 0. The zero-order valence-electron chi connectivity index (χ0n) is 10.3. The molecule has 2 rings (SSSR count). The highest BCUT2D eigenvalue weighted by atomic mass is 35.7. The average molecular weight is 299 g/mol. The lowest BCUT2D eigenvalue weighted by molar-refractivity contribution is 0.103. The second kappa shape index (κ2) is 4.79. The number of pyridine rings is 1. The van der Waals surface area contributed by atoms with E-state index in [-0.39, 0.29) is 16.4 Å². The average Bonchev–Trinajstić information content (AvgIpc) is 2.71. The Labute approximate surface area is 115 Å². The molecule has 0 saturated carbocycles. The van der Waals surface area contributed by atoms with Crippen molar-refractivity contribution in [2.75, 3.05) is 0 Å². The summed E-state index contributed by atoms with van der Waals surface area (Å²) in [5.74, 6) is -0.292. The molecule has 0 aromatic carbocycles. The number of aryl methyl sites for hydroxylation is 2. The number of nitrogens with zero attached hydrogens (tertiary/aromatic N) is 2. The monoisotopic (exact) mass is 298 g/mol. The minimum absolute atomic E-state index is 0.0958. The summed E-state index contributed by atoms with van der Waals surface area (Å²) in [5.41, 5.74) is 1.27. The molecular weight excluding hydrogens is 288 g/mol. The van der Waals surface area contributed by atoms with E-state index in [4.69, 9.17) is 10.7 Å². The fraction of sp³-hybridized carbons (Fsp3) is 0.167. The first-order valence-electron chi connectivity index (χ1n) is 5.38. The van der Waals surface area contributed by atoms with Crippen LogP contribution in [0, 0.1) is 6.92 Å². The Morgan fingerprint density at radius 1 is 1.42 bits per heavy atom. The molecule has 0 aliphatic carbocycles. The number of ketones is 1. The molecular formula is C12H11ClN2O3S. The fourth-order valence-electron chi connectivity index (χ4n) is 1.76. The van der Waals surface area contributed by atoms with Crippen molar-refractivity contribution in [3.8, 4) is 0 Å². The molecule has 0 spiro atoms. The van der Waals surface area contributed by atoms with E-state index in [0.717, 1.165) is 0 Å². The summed E-state index contributed by atoms with van der Waals surface area (Å²) in [4.78, 5) is 16.3. The third-order valence-electron chi connectivity index (χ3n) is 2.75. The van der Waals surface area contributed by atoms with Gasteiger partial charge in [-0.2, -0.15) is 0 Å². The van der Waals surface area contributed by atoms with Crippen molar-refractivity contribution >= 4 is 25.5 Å². The molecule has 0 atom stereocenters. The first kappa shape index (κ1) is 13.8. The fourth-order valence-corrected chi connectivity index (χ4v) is 2.55. The molecule has 19 heavy (non-hydrogen) atoms. The minimum atomic E-state index is -3.85. The van der Waals surface area contributed by atoms with Gasteiger partial charge in [0.05, 0.1) is 5.69 Å². The molecule has 0 unspecified atom stereocenters. The van der Waals surface area contributed by atoms with Gasteiger partial charge in [-0.3, -0.25) is 9.78 Å². The van der Waals surface area contributed by atoms with E-state index in [0.29, 0.717) is 11.3 Å². The smallest absolute Gasteiger partial charge is 0.262 e. The van der Waals surface area contributed by atoms with Crippen LogP contribution >= 0.6 is 10.7 Å². The largest absolute Gasteiger partial charge is 0.346 e. The van der Waals surface area contributed by atoms with Crippen LogP contribution in [0.3, 0.4) is 0 Å². The predicted molar refractivity (Wildman–Crippen MR) is 70.9 cm³/mol. The summed E-state index contributed by atoms with van der Waals surface area (Å²) in [7, 11) is 3.00. The molecule has 0 aliphatic rings. The van der Waals surface area contributed by atoms with Gasteiger partial charge in [-0.1, -0.05) is 0 Å². The van der Waals surface area contributed by atoms with E-state index < -0.39 is 9.05 Å². The molecule has 2 heterocycles. The van der Waals surface area contributed by atoms with Gasteiger partial charge >= 0.3 is 0 Å². The zero-order chi connectivity index (χ0) is 14.2. The van der Waals surface area contributed by atoms with Gasteiger partial charge in [0.25, 0.3) is 9.05 Å². The van der Waals surface area contributed by atoms with Crippen molar-refractivity contribution in [3.05, 3.63) is 47.5 Å². The van der Waals surface area contributed by atoms with Gasteiger partial charge in [0, 0.05) is 41.4 Å². The molecule has 5 nitrogen and oxygen atoms in total. The lowest BCUT2D eigenvalue weighted by Gasteiger charge is -2.04. The van der Waals surface area contributed by atoms with E-state index in [1.807, 2.05) is 0 Å². The van der Waals surface area contributed by atoms with E-state index in [1.165, 1.54) is 16.8 Å². The normalized spacial score (nSPS) is 11.5. The first-order valence-corrected chi connectivity index (χ1v) is 7.69. The predicted octanol–water partition coefficient (Wildman–Crippen LogP) is 1.89. The van der Waals surface area contributed by atoms with Crippen LogP contribution in [-0.4, -0.2) is 23.8 Å². The molecule has 7 heteroatoms. The minimum Gasteiger partial charge on any atom is -0.346 e. The second-order valence-corrected chi connectivity index (χ2v) is 6.64. The van der Waals surface area contributed by atoms with Gasteiger partial charge in [0.1, 0.15) is 4.90 Å². The van der Waals surface area contributed by atoms with Crippen molar-refractivity contribution in [1.29, 1.82) is 0 Å². The summed E-state index contributed by atoms with van der Waals surface area (Å²) < 4.78 is 23.9. The quantitative estimate of drug-likeness (QED) is 0.641. The molecule has 0 aliphatic heterocycles. The summed E-state index contributed by atoms with van der Waals surface area (Å²) in [6, 6.07) is 4.56. The number of aromatic nitrogens is 2. The Hall–Kier alpha value is -1.66. The maximum atomic E-state index is 12.3. The number of hydrogen-bond acceptors (Lipinski definition) is 4. The van der Waals surface area contributed by atoms with Gasteiger partial charge < -0.3 is 4.57 Å². The Morgan fingerprint density at radius 2 is 2.11 bits per heavy atom. The van der Waals surface area contributed by atoms with E-state index >= 15 is 0 Å². The van der Waals surface area contributed by atoms with Gasteiger partial charge in [-0.25, -0.2) is 8.42 Å². The molecule has 2 aromatic rings. The van der Waals surface area contributed by atoms with E-state index in [9.17, 15) is 13.2 Å². The van der Waals surface area contributed by atoms with Crippen LogP contribution < -0.4 is 0 Å². The Balaban J connectivity index is 2.52. The standard InChI is InChI=1S/C12H11ClN2O3S/c1-8-10(4-3-5-14-8)12(16)11-6-9(7-15(11)2)19(13,17)18/h3-7H,1-2H3. The molecule has 0 fully saturated rings. The SMILES string of the molecule is Cc1ncccc1C(=O)c1cc(S(=O)(=O)Cl)cn1C. The lowest BCUT2D eigenvalue weighted by Crippen LogP contribution is -2.08. The van der Waals surface area contributed by atoms with Gasteiger partial charge in [-0.05, 0) is 25.1 Å². The topological polar surface area (TPSA) is 69.0 Å². The Bertz CT molecular complexity index is 750. The lowest BCUT2D eigenvalue weighted by atomic mass is 10.1. The van der Waals surface area contributed by atoms with E-state index in [1.54, 1.807) is 32.3 Å². The second-order valence-electron chi connectivity index (χ2n) is 4.08. The highest BCUT2D eigenvalue weighted by Gasteiger charge is 2.20. The summed E-state index contributed by atoms with van der Waals surface area (Å²) >= 11 is 0. The third-order valence-corrected chi connectivity index (χ3v) is 4.07. The molecule has 100 valence electrons. The summed E-state index contributed by atoms with van der Waals surface area (Å²) in [6.07, 6.45) is 2.90. The van der Waals surface area contributed by atoms with Gasteiger partial charge in [-0.15, -0.1) is 0 Å². The molecule has 2 aromatic heterocycles. The highest BCUT2D eigenvalue weighted by Crippen LogP contribution is 2.20. The van der Waals surface area contributed by atoms with Crippen molar-refractivity contribution in [3.63, 3.8) is 0 Å². The Kier molecular flexibility index (Phi) is 3.47.